The molecule has 1 heterocycles. The molecular formula is C26H22ClNO4. The van der Waals surface area contributed by atoms with Crippen LogP contribution in [0.3, 0.4) is 0 Å². The summed E-state index contributed by atoms with van der Waals surface area (Å²) in [6.45, 7) is 3.86. The molecule has 4 rings (SSSR count). The van der Waals surface area contributed by atoms with Crippen LogP contribution in [0, 0.1) is 0 Å². The first kappa shape index (κ1) is 21.7. The van der Waals surface area contributed by atoms with Gasteiger partial charge in [-0.05, 0) is 55.8 Å². The first-order valence-electron chi connectivity index (χ1n) is 10.3. The summed E-state index contributed by atoms with van der Waals surface area (Å²) < 4.78 is 5.69. The fraction of sp³-hybridized carbons (Fsp3) is 0.154. The Morgan fingerprint density at radius 3 is 2.28 bits per heavy atom. The van der Waals surface area contributed by atoms with Crippen molar-refractivity contribution in [1.82, 2.24) is 0 Å². The number of aliphatic hydroxyl groups excluding tert-OH is 1. The highest BCUT2D eigenvalue weighted by Gasteiger charge is 2.46. The van der Waals surface area contributed by atoms with Gasteiger partial charge in [0, 0.05) is 16.3 Å². The van der Waals surface area contributed by atoms with Gasteiger partial charge in [-0.1, -0.05) is 54.1 Å². The van der Waals surface area contributed by atoms with Gasteiger partial charge in [-0.25, -0.2) is 0 Å². The summed E-state index contributed by atoms with van der Waals surface area (Å²) in [6, 6.07) is 21.9. The molecule has 1 aliphatic heterocycles. The minimum atomic E-state index is -0.785. The van der Waals surface area contributed by atoms with E-state index in [0.717, 1.165) is 0 Å². The van der Waals surface area contributed by atoms with Crippen LogP contribution >= 0.6 is 11.6 Å². The maximum absolute atomic E-state index is 13.1. The van der Waals surface area contributed by atoms with Crippen molar-refractivity contribution in [2.45, 2.75) is 26.0 Å². The molecule has 1 atom stereocenters. The average Bonchev–Trinajstić information content (AvgIpc) is 3.05. The Bertz CT molecular complexity index is 1190. The Hall–Kier alpha value is -3.57. The van der Waals surface area contributed by atoms with E-state index in [1.165, 1.54) is 4.90 Å². The van der Waals surface area contributed by atoms with Crippen LogP contribution < -0.4 is 9.64 Å². The number of rotatable bonds is 5. The summed E-state index contributed by atoms with van der Waals surface area (Å²) in [6.07, 6.45) is 0.0112. The van der Waals surface area contributed by atoms with Crippen LogP contribution in [-0.4, -0.2) is 22.9 Å². The highest BCUT2D eigenvalue weighted by Crippen LogP contribution is 2.42. The van der Waals surface area contributed by atoms with Gasteiger partial charge in [0.1, 0.15) is 11.5 Å². The van der Waals surface area contributed by atoms with Crippen molar-refractivity contribution in [3.63, 3.8) is 0 Å². The number of ketones is 1. The third-order valence-electron chi connectivity index (χ3n) is 5.14. The molecule has 1 fully saturated rings. The highest BCUT2D eigenvalue weighted by atomic mass is 35.5. The minimum Gasteiger partial charge on any atom is -0.507 e. The van der Waals surface area contributed by atoms with Gasteiger partial charge >= 0.3 is 0 Å². The second-order valence-electron chi connectivity index (χ2n) is 7.75. The Labute approximate surface area is 191 Å². The van der Waals surface area contributed by atoms with Crippen molar-refractivity contribution < 1.29 is 19.4 Å². The first-order valence-corrected chi connectivity index (χ1v) is 10.6. The Kier molecular flexibility index (Phi) is 6.01. The number of aliphatic hydroxyl groups is 1. The molecule has 0 radical (unpaired) electrons. The summed E-state index contributed by atoms with van der Waals surface area (Å²) >= 11 is 6.08. The van der Waals surface area contributed by atoms with Gasteiger partial charge in [0.25, 0.3) is 11.7 Å². The lowest BCUT2D eigenvalue weighted by molar-refractivity contribution is -0.132. The minimum absolute atomic E-state index is 0.0112. The number of nitrogens with zero attached hydrogens (tertiary/aromatic N) is 1. The number of amides is 1. The normalized spacial score (nSPS) is 17.8. The molecule has 1 aliphatic rings. The number of carbonyl (C=O) groups is 2. The summed E-state index contributed by atoms with van der Waals surface area (Å²) in [5.41, 5.74) is 1.63. The predicted molar refractivity (Wildman–Crippen MR) is 125 cm³/mol. The van der Waals surface area contributed by atoms with Gasteiger partial charge in [-0.2, -0.15) is 0 Å². The van der Waals surface area contributed by atoms with Crippen LogP contribution in [0.1, 0.15) is 31.0 Å². The van der Waals surface area contributed by atoms with E-state index < -0.39 is 17.7 Å². The fourth-order valence-corrected chi connectivity index (χ4v) is 3.99. The van der Waals surface area contributed by atoms with Gasteiger partial charge in [-0.3, -0.25) is 14.5 Å². The molecule has 0 saturated carbocycles. The van der Waals surface area contributed by atoms with Crippen molar-refractivity contribution in [3.8, 4) is 5.75 Å². The van der Waals surface area contributed by atoms with Crippen molar-refractivity contribution in [3.05, 3.63) is 101 Å². The summed E-state index contributed by atoms with van der Waals surface area (Å²) in [5, 5.41) is 11.5. The van der Waals surface area contributed by atoms with Gasteiger partial charge in [0.15, 0.2) is 0 Å². The van der Waals surface area contributed by atoms with Crippen LogP contribution in [0.4, 0.5) is 5.69 Å². The Balaban J connectivity index is 1.86. The second-order valence-corrected chi connectivity index (χ2v) is 8.19. The molecule has 0 aromatic heterocycles. The Morgan fingerprint density at radius 1 is 0.969 bits per heavy atom. The monoisotopic (exact) mass is 447 g/mol. The van der Waals surface area contributed by atoms with E-state index in [-0.39, 0.29) is 17.4 Å². The first-order chi connectivity index (χ1) is 15.4. The van der Waals surface area contributed by atoms with E-state index in [9.17, 15) is 14.7 Å². The lowest BCUT2D eigenvalue weighted by atomic mass is 9.95. The predicted octanol–water partition coefficient (Wildman–Crippen LogP) is 5.75. The van der Waals surface area contributed by atoms with Crippen LogP contribution in [0.15, 0.2) is 84.4 Å². The number of carbonyl (C=O) groups excluding carboxylic acids is 2. The quantitative estimate of drug-likeness (QED) is 0.307. The third-order valence-corrected chi connectivity index (χ3v) is 5.38. The standard InChI is InChI=1S/C26H22ClNO4/c1-16(2)32-21-13-11-20(12-14-21)28-23(17-7-4-3-5-8-17)22(25(30)26(28)31)24(29)18-9-6-10-19(27)15-18/h3-16,23,29H,1-2H3/b24-22-. The van der Waals surface area contributed by atoms with Gasteiger partial charge in [-0.15, -0.1) is 0 Å². The third kappa shape index (κ3) is 4.12. The fourth-order valence-electron chi connectivity index (χ4n) is 3.80. The SMILES string of the molecule is CC(C)Oc1ccc(N2C(=O)C(=O)/C(=C(\O)c3cccc(Cl)c3)C2c2ccccc2)cc1. The molecular weight excluding hydrogens is 426 g/mol. The molecule has 5 nitrogen and oxygen atoms in total. The van der Waals surface area contributed by atoms with Crippen LogP contribution in [-0.2, 0) is 9.59 Å². The number of hydrogen-bond acceptors (Lipinski definition) is 4. The van der Waals surface area contributed by atoms with Crippen molar-refractivity contribution in [1.29, 1.82) is 0 Å². The zero-order valence-electron chi connectivity index (χ0n) is 17.7. The van der Waals surface area contributed by atoms with Gasteiger partial charge < -0.3 is 9.84 Å². The van der Waals surface area contributed by atoms with E-state index in [2.05, 4.69) is 0 Å². The summed E-state index contributed by atoms with van der Waals surface area (Å²) in [5.74, 6) is -1.06. The topological polar surface area (TPSA) is 66.8 Å². The number of hydrogen-bond donors (Lipinski definition) is 1. The van der Waals surface area contributed by atoms with E-state index in [1.54, 1.807) is 48.5 Å². The zero-order chi connectivity index (χ0) is 22.8. The van der Waals surface area contributed by atoms with Gasteiger partial charge in [0.2, 0.25) is 0 Å². The number of Topliss-reactive ketones (excluding diaryl/α,β-unsaturated/α-hetero) is 1. The molecule has 3 aromatic rings. The summed E-state index contributed by atoms with van der Waals surface area (Å²) in [4.78, 5) is 27.7. The number of ether oxygens (including phenoxy) is 1. The van der Waals surface area contributed by atoms with Crippen LogP contribution in [0.2, 0.25) is 5.02 Å². The molecule has 0 spiro atoms. The molecule has 0 aliphatic carbocycles. The number of halogens is 1. The average molecular weight is 448 g/mol. The highest BCUT2D eigenvalue weighted by molar-refractivity contribution is 6.51. The zero-order valence-corrected chi connectivity index (χ0v) is 18.4. The molecule has 6 heteroatoms. The molecule has 1 unspecified atom stereocenters. The van der Waals surface area contributed by atoms with Crippen LogP contribution in [0.25, 0.3) is 5.76 Å². The number of anilines is 1. The van der Waals surface area contributed by atoms with E-state index in [4.69, 9.17) is 16.3 Å². The van der Waals surface area contributed by atoms with E-state index in [0.29, 0.717) is 27.6 Å². The molecule has 32 heavy (non-hydrogen) atoms. The molecule has 0 bridgehead atoms. The number of benzene rings is 3. The van der Waals surface area contributed by atoms with Crippen LogP contribution in [0.5, 0.6) is 5.75 Å². The second kappa shape index (κ2) is 8.89. The smallest absolute Gasteiger partial charge is 0.300 e. The van der Waals surface area contributed by atoms with Crippen molar-refractivity contribution in [2.75, 3.05) is 4.90 Å². The lowest BCUT2D eigenvalue weighted by Gasteiger charge is -2.25. The molecule has 3 aromatic carbocycles. The molecule has 162 valence electrons. The van der Waals surface area contributed by atoms with Crippen molar-refractivity contribution >= 4 is 34.7 Å². The molecule has 1 N–H and O–H groups in total. The maximum Gasteiger partial charge on any atom is 0.300 e. The summed E-state index contributed by atoms with van der Waals surface area (Å²) in [7, 11) is 0. The molecule has 1 amide bonds. The van der Waals surface area contributed by atoms with Gasteiger partial charge in [0.05, 0.1) is 17.7 Å². The van der Waals surface area contributed by atoms with E-state index >= 15 is 0 Å². The van der Waals surface area contributed by atoms with E-state index in [1.807, 2.05) is 44.2 Å². The maximum atomic E-state index is 13.1. The molecule has 1 saturated heterocycles. The largest absolute Gasteiger partial charge is 0.507 e. The Morgan fingerprint density at radius 2 is 1.66 bits per heavy atom. The lowest BCUT2D eigenvalue weighted by Crippen LogP contribution is -2.29. The van der Waals surface area contributed by atoms with Crippen molar-refractivity contribution in [2.24, 2.45) is 0 Å².